The van der Waals surface area contributed by atoms with Crippen LogP contribution in [-0.4, -0.2) is 28.0 Å². The van der Waals surface area contributed by atoms with Crippen molar-refractivity contribution in [2.45, 2.75) is 6.36 Å². The molecule has 0 saturated heterocycles. The van der Waals surface area contributed by atoms with Gasteiger partial charge in [-0.25, -0.2) is 9.50 Å². The Morgan fingerprint density at radius 3 is 2.86 bits per heavy atom. The molecule has 3 aromatic rings. The van der Waals surface area contributed by atoms with Crippen LogP contribution in [0.3, 0.4) is 0 Å². The van der Waals surface area contributed by atoms with E-state index >= 15 is 0 Å². The molecule has 3 rings (SSSR count). The summed E-state index contributed by atoms with van der Waals surface area (Å²) in [6.07, 6.45) is -3.16. The smallest absolute Gasteiger partial charge is 0.406 e. The summed E-state index contributed by atoms with van der Waals surface area (Å²) >= 11 is 1.35. The highest BCUT2D eigenvalue weighted by molar-refractivity contribution is 7.20. The molecule has 9 heteroatoms. The van der Waals surface area contributed by atoms with Crippen LogP contribution in [-0.2, 0) is 0 Å². The first-order valence-corrected chi connectivity index (χ1v) is 6.66. The Morgan fingerprint density at radius 2 is 2.14 bits per heavy atom. The van der Waals surface area contributed by atoms with Crippen LogP contribution in [0.25, 0.3) is 16.2 Å². The molecule has 0 saturated carbocycles. The first-order valence-electron chi connectivity index (χ1n) is 5.85. The molecule has 1 N–H and O–H groups in total. The van der Waals surface area contributed by atoms with Gasteiger partial charge in [0, 0.05) is 12.6 Å². The van der Waals surface area contributed by atoms with Gasteiger partial charge in [0.15, 0.2) is 0 Å². The Morgan fingerprint density at radius 1 is 1.33 bits per heavy atom. The van der Waals surface area contributed by atoms with E-state index in [0.717, 1.165) is 0 Å². The van der Waals surface area contributed by atoms with Gasteiger partial charge < -0.3 is 10.1 Å². The number of rotatable bonds is 3. The van der Waals surface area contributed by atoms with Crippen molar-refractivity contribution in [2.75, 3.05) is 12.4 Å². The summed E-state index contributed by atoms with van der Waals surface area (Å²) in [7, 11) is 1.73. The summed E-state index contributed by atoms with van der Waals surface area (Å²) in [4.78, 5) is 4.83. The fourth-order valence-corrected chi connectivity index (χ4v) is 2.57. The molecular weight excluding hydrogens is 305 g/mol. The molecule has 0 bridgehead atoms. The van der Waals surface area contributed by atoms with E-state index < -0.39 is 6.36 Å². The Kier molecular flexibility index (Phi) is 3.20. The van der Waals surface area contributed by atoms with Crippen molar-refractivity contribution in [3.05, 3.63) is 30.5 Å². The van der Waals surface area contributed by atoms with Crippen molar-refractivity contribution >= 4 is 21.4 Å². The molecule has 0 unspecified atom stereocenters. The van der Waals surface area contributed by atoms with Crippen molar-refractivity contribution in [2.24, 2.45) is 0 Å². The molecule has 0 aliphatic rings. The maximum Gasteiger partial charge on any atom is 0.573 e. The van der Waals surface area contributed by atoms with Crippen LogP contribution in [0.1, 0.15) is 0 Å². The van der Waals surface area contributed by atoms with Crippen LogP contribution in [0.2, 0.25) is 0 Å². The van der Waals surface area contributed by atoms with Crippen LogP contribution < -0.4 is 10.1 Å². The second-order valence-corrected chi connectivity index (χ2v) is 5.03. The molecule has 0 atom stereocenters. The van der Waals surface area contributed by atoms with Crippen molar-refractivity contribution in [1.29, 1.82) is 0 Å². The summed E-state index contributed by atoms with van der Waals surface area (Å²) in [5.74, 6) is -0.279. The van der Waals surface area contributed by atoms with Crippen LogP contribution in [0.4, 0.5) is 18.3 Å². The number of hydrogen-bond donors (Lipinski definition) is 1. The van der Waals surface area contributed by atoms with Gasteiger partial charge in [0.05, 0.1) is 11.9 Å². The lowest BCUT2D eigenvalue weighted by atomic mass is 10.1. The van der Waals surface area contributed by atoms with Gasteiger partial charge in [0.2, 0.25) is 10.1 Å². The summed E-state index contributed by atoms with van der Waals surface area (Å²) < 4.78 is 42.3. The number of benzene rings is 1. The number of anilines is 1. The number of hydrogen-bond acceptors (Lipinski definition) is 5. The summed E-state index contributed by atoms with van der Waals surface area (Å²) in [5, 5.41) is 7.84. The van der Waals surface area contributed by atoms with Crippen molar-refractivity contribution in [3.63, 3.8) is 0 Å². The number of nitrogens with zero attached hydrogens (tertiary/aromatic N) is 3. The Bertz CT molecular complexity index is 780. The van der Waals surface area contributed by atoms with Crippen LogP contribution in [0, 0.1) is 0 Å². The normalized spacial score (nSPS) is 11.8. The molecule has 0 fully saturated rings. The summed E-state index contributed by atoms with van der Waals surface area (Å²) in [5.41, 5.74) is 1.13. The molecule has 0 aliphatic carbocycles. The minimum absolute atomic E-state index is 0.279. The fraction of sp³-hybridized carbons (Fsp3) is 0.167. The van der Waals surface area contributed by atoms with Gasteiger partial charge in [0.1, 0.15) is 5.75 Å². The Balaban J connectivity index is 2.02. The second-order valence-electron chi connectivity index (χ2n) is 4.07. The molecule has 0 spiro atoms. The highest BCUT2D eigenvalue weighted by atomic mass is 32.1. The summed E-state index contributed by atoms with van der Waals surface area (Å²) in [6, 6.07) is 5.71. The maximum atomic E-state index is 12.3. The lowest BCUT2D eigenvalue weighted by Gasteiger charge is -2.09. The van der Waals surface area contributed by atoms with Gasteiger partial charge in [0.25, 0.3) is 0 Å². The van der Waals surface area contributed by atoms with Gasteiger partial charge in [-0.2, -0.15) is 0 Å². The molecule has 0 aliphatic heterocycles. The average Bonchev–Trinajstić information content (AvgIpc) is 2.95. The van der Waals surface area contributed by atoms with Gasteiger partial charge >= 0.3 is 6.36 Å². The molecular formula is C12H9F3N4OS. The predicted molar refractivity (Wildman–Crippen MR) is 72.5 cm³/mol. The molecule has 110 valence electrons. The molecule has 2 heterocycles. The molecule has 0 amide bonds. The molecule has 21 heavy (non-hydrogen) atoms. The first-order chi connectivity index (χ1) is 9.96. The fourth-order valence-electron chi connectivity index (χ4n) is 1.84. The number of halogens is 3. The number of imidazole rings is 1. The van der Waals surface area contributed by atoms with Crippen LogP contribution in [0.15, 0.2) is 30.5 Å². The van der Waals surface area contributed by atoms with Gasteiger partial charge in [-0.3, -0.25) is 0 Å². The number of fused-ring (bicyclic) bond motifs is 1. The van der Waals surface area contributed by atoms with Crippen molar-refractivity contribution in [3.8, 4) is 17.0 Å². The zero-order valence-electron chi connectivity index (χ0n) is 10.7. The third kappa shape index (κ3) is 2.77. The van der Waals surface area contributed by atoms with E-state index in [1.165, 1.54) is 29.5 Å². The van der Waals surface area contributed by atoms with Crippen molar-refractivity contribution in [1.82, 2.24) is 14.6 Å². The maximum absolute atomic E-state index is 12.3. The van der Waals surface area contributed by atoms with E-state index in [0.29, 0.717) is 21.3 Å². The van der Waals surface area contributed by atoms with E-state index in [4.69, 9.17) is 0 Å². The van der Waals surface area contributed by atoms with Crippen LogP contribution in [0.5, 0.6) is 5.75 Å². The minimum atomic E-state index is -4.72. The van der Waals surface area contributed by atoms with Crippen LogP contribution >= 0.6 is 11.3 Å². The van der Waals surface area contributed by atoms with E-state index in [9.17, 15) is 13.2 Å². The largest absolute Gasteiger partial charge is 0.573 e. The predicted octanol–water partition coefficient (Wildman–Crippen LogP) is 3.40. The molecule has 2 aromatic heterocycles. The SMILES string of the molecule is CNc1nn2c(-c3cccc(OC(F)(F)F)c3)cnc2s1. The van der Waals surface area contributed by atoms with Gasteiger partial charge in [-0.05, 0) is 12.1 Å². The number of alkyl halides is 3. The monoisotopic (exact) mass is 314 g/mol. The highest BCUT2D eigenvalue weighted by Gasteiger charge is 2.31. The van der Waals surface area contributed by atoms with E-state index in [2.05, 4.69) is 20.1 Å². The lowest BCUT2D eigenvalue weighted by molar-refractivity contribution is -0.274. The quantitative estimate of drug-likeness (QED) is 0.805. The highest BCUT2D eigenvalue weighted by Crippen LogP contribution is 2.30. The third-order valence-corrected chi connectivity index (χ3v) is 3.60. The molecule has 5 nitrogen and oxygen atoms in total. The van der Waals surface area contributed by atoms with Crippen molar-refractivity contribution < 1.29 is 17.9 Å². The topological polar surface area (TPSA) is 51.5 Å². The van der Waals surface area contributed by atoms with E-state index in [-0.39, 0.29) is 5.75 Å². The Labute approximate surface area is 121 Å². The lowest BCUT2D eigenvalue weighted by Crippen LogP contribution is -2.17. The van der Waals surface area contributed by atoms with E-state index in [1.54, 1.807) is 23.8 Å². The average molecular weight is 314 g/mol. The first kappa shape index (κ1) is 13.7. The second kappa shape index (κ2) is 4.92. The zero-order valence-corrected chi connectivity index (χ0v) is 11.5. The van der Waals surface area contributed by atoms with Gasteiger partial charge in [-0.15, -0.1) is 18.3 Å². The molecule has 0 radical (unpaired) electrons. The number of aromatic nitrogens is 3. The zero-order chi connectivity index (χ0) is 15.0. The minimum Gasteiger partial charge on any atom is -0.406 e. The Hall–Kier alpha value is -2.29. The number of nitrogens with one attached hydrogen (secondary N) is 1. The number of ether oxygens (including phenoxy) is 1. The van der Waals surface area contributed by atoms with E-state index in [1.807, 2.05) is 0 Å². The standard InChI is InChI=1S/C12H9F3N4OS/c1-16-10-18-19-9(6-17-11(19)21-10)7-3-2-4-8(5-7)20-12(13,14)15/h2-6H,1H3,(H,16,18). The van der Waals surface area contributed by atoms with Gasteiger partial charge in [-0.1, -0.05) is 23.5 Å². The summed E-state index contributed by atoms with van der Waals surface area (Å²) in [6.45, 7) is 0. The molecule has 1 aromatic carbocycles. The third-order valence-electron chi connectivity index (χ3n) is 2.66.